The second kappa shape index (κ2) is 5.92. The fraction of sp³-hybridized carbons (Fsp3) is 0.0833. The van der Waals surface area contributed by atoms with E-state index in [9.17, 15) is 0 Å². The van der Waals surface area contributed by atoms with E-state index in [1.54, 1.807) is 0 Å². The van der Waals surface area contributed by atoms with Crippen molar-refractivity contribution in [1.29, 1.82) is 0 Å². The molecule has 0 atom stereocenters. The van der Waals surface area contributed by atoms with E-state index in [4.69, 9.17) is 0 Å². The summed E-state index contributed by atoms with van der Waals surface area (Å²) in [5.41, 5.74) is 8.89. The molecule has 1 N–H and O–H groups in total. The molecule has 0 aliphatic carbocycles. The first-order chi connectivity index (χ1) is 12.8. The van der Waals surface area contributed by atoms with E-state index in [-0.39, 0.29) is 0 Å². The van der Waals surface area contributed by atoms with Crippen LogP contribution in [0.5, 0.6) is 0 Å². The van der Waals surface area contributed by atoms with Crippen molar-refractivity contribution in [2.75, 3.05) is 11.9 Å². The van der Waals surface area contributed by atoms with Gasteiger partial charge in [0.15, 0.2) is 0 Å². The first-order valence-corrected chi connectivity index (χ1v) is 9.00. The first kappa shape index (κ1) is 15.0. The molecule has 2 nitrogen and oxygen atoms in total. The molecule has 0 spiro atoms. The molecule has 0 amide bonds. The quantitative estimate of drug-likeness (QED) is 0.497. The van der Waals surface area contributed by atoms with Gasteiger partial charge in [0.2, 0.25) is 0 Å². The van der Waals surface area contributed by atoms with Gasteiger partial charge in [0, 0.05) is 36.3 Å². The zero-order valence-corrected chi connectivity index (χ0v) is 14.7. The number of nitrogens with one attached hydrogen (secondary N) is 1. The van der Waals surface area contributed by atoms with Gasteiger partial charge in [-0.1, -0.05) is 78.9 Å². The molecule has 0 saturated heterocycles. The van der Waals surface area contributed by atoms with Gasteiger partial charge in [0.25, 0.3) is 0 Å². The molecule has 3 aromatic carbocycles. The molecule has 2 heteroatoms. The van der Waals surface area contributed by atoms with Gasteiger partial charge in [-0.25, -0.2) is 0 Å². The van der Waals surface area contributed by atoms with Crippen molar-refractivity contribution in [3.8, 4) is 11.1 Å². The topological polar surface area (TPSA) is 17.0 Å². The predicted octanol–water partition coefficient (Wildman–Crippen LogP) is 5.70. The van der Waals surface area contributed by atoms with Crippen LogP contribution in [0.2, 0.25) is 0 Å². The van der Waals surface area contributed by atoms with Gasteiger partial charge in [0.1, 0.15) is 0 Å². The summed E-state index contributed by atoms with van der Waals surface area (Å²) in [6.45, 7) is 0.849. The van der Waals surface area contributed by atoms with Crippen LogP contribution in [0.1, 0.15) is 11.1 Å². The van der Waals surface area contributed by atoms with Crippen LogP contribution in [0.4, 0.5) is 5.69 Å². The second-order valence-electron chi connectivity index (χ2n) is 6.77. The van der Waals surface area contributed by atoms with Crippen LogP contribution < -0.4 is 5.32 Å². The highest BCUT2D eigenvalue weighted by atomic mass is 15.0. The Bertz CT molecular complexity index is 1120. The van der Waals surface area contributed by atoms with Crippen molar-refractivity contribution in [3.63, 3.8) is 0 Å². The Labute approximate surface area is 153 Å². The van der Waals surface area contributed by atoms with Crippen LogP contribution in [0.15, 0.2) is 85.1 Å². The van der Waals surface area contributed by atoms with Gasteiger partial charge in [0.05, 0.1) is 11.2 Å². The largest absolute Gasteiger partial charge is 0.379 e. The Morgan fingerprint density at radius 3 is 2.19 bits per heavy atom. The molecule has 0 fully saturated rings. The van der Waals surface area contributed by atoms with E-state index in [0.717, 1.165) is 6.54 Å². The summed E-state index contributed by atoms with van der Waals surface area (Å²) >= 11 is 0. The maximum absolute atomic E-state index is 3.61. The zero-order chi connectivity index (χ0) is 17.5. The van der Waals surface area contributed by atoms with Crippen molar-refractivity contribution in [2.45, 2.75) is 0 Å². The summed E-state index contributed by atoms with van der Waals surface area (Å²) in [5.74, 6) is 0. The van der Waals surface area contributed by atoms with E-state index in [2.05, 4.69) is 102 Å². The number of fused-ring (bicyclic) bond motifs is 3. The van der Waals surface area contributed by atoms with E-state index in [0.29, 0.717) is 0 Å². The van der Waals surface area contributed by atoms with Crippen molar-refractivity contribution in [2.24, 2.45) is 7.05 Å². The first-order valence-electron chi connectivity index (χ1n) is 9.00. The third-order valence-corrected chi connectivity index (χ3v) is 5.19. The van der Waals surface area contributed by atoms with Crippen LogP contribution in [0.3, 0.4) is 0 Å². The summed E-state index contributed by atoms with van der Waals surface area (Å²) in [4.78, 5) is 0. The smallest absolute Gasteiger partial charge is 0.0726 e. The van der Waals surface area contributed by atoms with Crippen LogP contribution in [-0.2, 0) is 7.05 Å². The van der Waals surface area contributed by atoms with Crippen molar-refractivity contribution < 1.29 is 0 Å². The Balaban J connectivity index is 1.74. The van der Waals surface area contributed by atoms with Crippen LogP contribution in [0.25, 0.3) is 27.6 Å². The number of hydrogen-bond acceptors (Lipinski definition) is 1. The van der Waals surface area contributed by atoms with Gasteiger partial charge in [-0.2, -0.15) is 0 Å². The number of hydrogen-bond donors (Lipinski definition) is 1. The summed E-state index contributed by atoms with van der Waals surface area (Å²) in [7, 11) is 2.14. The molecule has 126 valence electrons. The fourth-order valence-electron chi connectivity index (χ4n) is 4.01. The normalized spacial score (nSPS) is 13.2. The highest BCUT2D eigenvalue weighted by molar-refractivity contribution is 6.07. The maximum atomic E-state index is 3.61. The average molecular weight is 336 g/mol. The van der Waals surface area contributed by atoms with E-state index in [1.807, 2.05) is 0 Å². The lowest BCUT2D eigenvalue weighted by Crippen LogP contribution is -2.10. The number of aryl methyl sites for hydroxylation is 1. The molecule has 0 saturated carbocycles. The lowest BCUT2D eigenvalue weighted by Gasteiger charge is -2.21. The number of rotatable bonds is 2. The summed E-state index contributed by atoms with van der Waals surface area (Å²) in [6.07, 6.45) is 4.52. The molecule has 1 aliphatic heterocycles. The molecule has 5 rings (SSSR count). The van der Waals surface area contributed by atoms with Gasteiger partial charge in [-0.15, -0.1) is 0 Å². The van der Waals surface area contributed by atoms with Crippen LogP contribution >= 0.6 is 0 Å². The van der Waals surface area contributed by atoms with Crippen LogP contribution in [-0.4, -0.2) is 11.1 Å². The Morgan fingerprint density at radius 1 is 0.769 bits per heavy atom. The average Bonchev–Trinajstić information content (AvgIpc) is 3.06. The van der Waals surface area contributed by atoms with Crippen molar-refractivity contribution >= 4 is 22.2 Å². The number of benzene rings is 3. The molecule has 4 aromatic rings. The van der Waals surface area contributed by atoms with Crippen molar-refractivity contribution in [1.82, 2.24) is 4.57 Å². The predicted molar refractivity (Wildman–Crippen MR) is 110 cm³/mol. The van der Waals surface area contributed by atoms with Crippen LogP contribution in [0, 0.1) is 0 Å². The highest BCUT2D eigenvalue weighted by Crippen LogP contribution is 2.41. The second-order valence-corrected chi connectivity index (χ2v) is 6.77. The summed E-state index contributed by atoms with van der Waals surface area (Å²) in [6, 6.07) is 25.8. The maximum Gasteiger partial charge on any atom is 0.0726 e. The minimum absolute atomic E-state index is 0.849. The molecule has 1 aliphatic rings. The standard InChI is InChI=1S/C24H20N2/c1-26-16-22(18-10-6-3-7-11-18)21-13-12-20-19(17-8-4-2-5-9-17)14-15-25-23(20)24(21)26/h2-14,16,25H,15H2,1H3. The monoisotopic (exact) mass is 336 g/mol. The molecule has 2 heterocycles. The molecule has 0 bridgehead atoms. The lowest BCUT2D eigenvalue weighted by molar-refractivity contribution is 0.969. The Hall–Kier alpha value is -3.26. The number of anilines is 1. The summed E-state index contributed by atoms with van der Waals surface area (Å²) in [5, 5.41) is 4.90. The minimum Gasteiger partial charge on any atom is -0.379 e. The highest BCUT2D eigenvalue weighted by Gasteiger charge is 2.20. The van der Waals surface area contributed by atoms with E-state index < -0.39 is 0 Å². The SMILES string of the molecule is Cn1cc(-c2ccccc2)c2ccc3c(c21)NCC=C3c1ccccc1. The zero-order valence-electron chi connectivity index (χ0n) is 14.7. The van der Waals surface area contributed by atoms with Gasteiger partial charge in [-0.05, 0) is 16.7 Å². The van der Waals surface area contributed by atoms with E-state index in [1.165, 1.54) is 44.4 Å². The Morgan fingerprint density at radius 2 is 1.46 bits per heavy atom. The third-order valence-electron chi connectivity index (χ3n) is 5.19. The fourth-order valence-corrected chi connectivity index (χ4v) is 4.01. The summed E-state index contributed by atoms with van der Waals surface area (Å²) < 4.78 is 2.25. The molecular formula is C24H20N2. The van der Waals surface area contributed by atoms with Gasteiger partial charge in [-0.3, -0.25) is 0 Å². The molecular weight excluding hydrogens is 316 g/mol. The third kappa shape index (κ3) is 2.26. The van der Waals surface area contributed by atoms with Gasteiger partial charge >= 0.3 is 0 Å². The number of aromatic nitrogens is 1. The molecule has 0 unspecified atom stereocenters. The van der Waals surface area contributed by atoms with Crippen molar-refractivity contribution in [3.05, 3.63) is 96.2 Å². The molecule has 0 radical (unpaired) electrons. The minimum atomic E-state index is 0.849. The lowest BCUT2D eigenvalue weighted by atomic mass is 9.92. The van der Waals surface area contributed by atoms with Gasteiger partial charge < -0.3 is 9.88 Å². The number of nitrogens with zero attached hydrogens (tertiary/aromatic N) is 1. The molecule has 26 heavy (non-hydrogen) atoms. The Kier molecular flexibility index (Phi) is 3.42. The molecule has 1 aromatic heterocycles. The van der Waals surface area contributed by atoms with E-state index >= 15 is 0 Å².